The van der Waals surface area contributed by atoms with Gasteiger partial charge in [-0.3, -0.25) is 9.59 Å². The molecule has 2 fully saturated rings. The Hall–Kier alpha value is -2.56. The number of nitrogens with zero attached hydrogens (tertiary/aromatic N) is 2. The van der Waals surface area contributed by atoms with Gasteiger partial charge in [-0.1, -0.05) is 18.2 Å². The number of aryl methyl sites for hydroxylation is 1. The summed E-state index contributed by atoms with van der Waals surface area (Å²) >= 11 is 0. The summed E-state index contributed by atoms with van der Waals surface area (Å²) in [4.78, 5) is 27.0. The third-order valence-corrected chi connectivity index (χ3v) is 5.32. The van der Waals surface area contributed by atoms with Gasteiger partial charge in [0.15, 0.2) is 0 Å². The van der Waals surface area contributed by atoms with Crippen LogP contribution in [0.3, 0.4) is 0 Å². The summed E-state index contributed by atoms with van der Waals surface area (Å²) in [5.41, 5.74) is 1.42. The predicted octanol–water partition coefficient (Wildman–Crippen LogP) is 2.06. The van der Waals surface area contributed by atoms with Gasteiger partial charge in [-0.2, -0.15) is 0 Å². The number of carbonyl (C=O) groups is 2. The SMILES string of the molecule is Cn1cccc1C(=O)N1CC2CC1CC2NC(=O)c1ccccc1. The average molecular weight is 323 g/mol. The van der Waals surface area contributed by atoms with Crippen LogP contribution in [0.1, 0.15) is 33.7 Å². The van der Waals surface area contributed by atoms with Crippen LogP contribution in [0.4, 0.5) is 0 Å². The molecule has 2 amide bonds. The Labute approximate surface area is 141 Å². The third-order valence-electron chi connectivity index (χ3n) is 5.32. The van der Waals surface area contributed by atoms with Gasteiger partial charge < -0.3 is 14.8 Å². The molecule has 1 aromatic carbocycles. The average Bonchev–Trinajstić information content (AvgIpc) is 3.30. The Morgan fingerprint density at radius 3 is 2.50 bits per heavy atom. The zero-order valence-corrected chi connectivity index (χ0v) is 13.7. The van der Waals surface area contributed by atoms with E-state index < -0.39 is 0 Å². The number of nitrogens with one attached hydrogen (secondary N) is 1. The Balaban J connectivity index is 1.41. The molecule has 1 aromatic heterocycles. The normalized spacial score (nSPS) is 25.0. The molecule has 1 aliphatic carbocycles. The second-order valence-corrected chi connectivity index (χ2v) is 6.79. The Bertz CT molecular complexity index is 768. The van der Waals surface area contributed by atoms with Gasteiger partial charge in [0.05, 0.1) is 0 Å². The van der Waals surface area contributed by atoms with Crippen LogP contribution in [-0.2, 0) is 7.05 Å². The van der Waals surface area contributed by atoms with E-state index in [1.165, 1.54) is 0 Å². The lowest BCUT2D eigenvalue weighted by Crippen LogP contribution is -2.48. The molecule has 0 spiro atoms. The molecule has 5 nitrogen and oxygen atoms in total. The van der Waals surface area contributed by atoms with E-state index in [1.54, 1.807) is 0 Å². The van der Waals surface area contributed by atoms with Gasteiger partial charge in [0.2, 0.25) is 0 Å². The minimum Gasteiger partial charge on any atom is -0.349 e. The number of hydrogen-bond acceptors (Lipinski definition) is 2. The molecule has 2 aliphatic rings. The van der Waals surface area contributed by atoms with Gasteiger partial charge in [0, 0.05) is 37.4 Å². The van der Waals surface area contributed by atoms with E-state index in [2.05, 4.69) is 5.32 Å². The summed E-state index contributed by atoms with van der Waals surface area (Å²) in [6, 6.07) is 13.5. The molecule has 2 bridgehead atoms. The van der Waals surface area contributed by atoms with Gasteiger partial charge in [-0.15, -0.1) is 0 Å². The molecular formula is C19H21N3O2. The molecule has 124 valence electrons. The minimum atomic E-state index is -0.0199. The second kappa shape index (κ2) is 5.82. The van der Waals surface area contributed by atoms with Crippen molar-refractivity contribution in [2.24, 2.45) is 13.0 Å². The highest BCUT2D eigenvalue weighted by Crippen LogP contribution is 2.38. The molecule has 4 rings (SSSR count). The van der Waals surface area contributed by atoms with E-state index in [-0.39, 0.29) is 23.9 Å². The van der Waals surface area contributed by atoms with Crippen molar-refractivity contribution in [3.05, 3.63) is 59.9 Å². The summed E-state index contributed by atoms with van der Waals surface area (Å²) in [5, 5.41) is 3.15. The number of carbonyl (C=O) groups excluding carboxylic acids is 2. The van der Waals surface area contributed by atoms with Crippen LogP contribution in [0.15, 0.2) is 48.7 Å². The highest BCUT2D eigenvalue weighted by molar-refractivity contribution is 5.95. The topological polar surface area (TPSA) is 54.3 Å². The molecule has 1 saturated heterocycles. The van der Waals surface area contributed by atoms with Crippen LogP contribution in [-0.4, -0.2) is 39.9 Å². The molecule has 3 unspecified atom stereocenters. The van der Waals surface area contributed by atoms with E-state index in [1.807, 2.05) is 65.2 Å². The molecule has 1 aliphatic heterocycles. The van der Waals surface area contributed by atoms with E-state index in [9.17, 15) is 9.59 Å². The number of piperidine rings is 1. The van der Waals surface area contributed by atoms with Crippen molar-refractivity contribution in [1.29, 1.82) is 0 Å². The van der Waals surface area contributed by atoms with E-state index in [0.29, 0.717) is 11.5 Å². The number of likely N-dealkylation sites (tertiary alicyclic amines) is 1. The lowest BCUT2D eigenvalue weighted by Gasteiger charge is -2.32. The Morgan fingerprint density at radius 2 is 1.88 bits per heavy atom. The Morgan fingerprint density at radius 1 is 1.08 bits per heavy atom. The number of fused-ring (bicyclic) bond motifs is 2. The summed E-state index contributed by atoms with van der Waals surface area (Å²) < 4.78 is 1.86. The smallest absolute Gasteiger partial charge is 0.270 e. The molecule has 1 saturated carbocycles. The van der Waals surface area contributed by atoms with Crippen LogP contribution in [0.2, 0.25) is 0 Å². The number of hydrogen-bond donors (Lipinski definition) is 1. The van der Waals surface area contributed by atoms with Crippen LogP contribution < -0.4 is 5.32 Å². The summed E-state index contributed by atoms with van der Waals surface area (Å²) in [7, 11) is 1.89. The summed E-state index contributed by atoms with van der Waals surface area (Å²) in [6.45, 7) is 0.731. The minimum absolute atomic E-state index is 0.0199. The molecule has 3 atom stereocenters. The standard InChI is InChI=1S/C19H21N3O2/c1-21-9-5-8-17(21)19(24)22-12-14-10-15(22)11-16(14)20-18(23)13-6-3-2-4-7-13/h2-9,14-16H,10-12H2,1H3,(H,20,23). The van der Waals surface area contributed by atoms with Crippen LogP contribution in [0, 0.1) is 5.92 Å². The van der Waals surface area contributed by atoms with Crippen molar-refractivity contribution in [1.82, 2.24) is 14.8 Å². The van der Waals surface area contributed by atoms with Crippen molar-refractivity contribution in [3.63, 3.8) is 0 Å². The van der Waals surface area contributed by atoms with Gasteiger partial charge in [-0.05, 0) is 43.0 Å². The van der Waals surface area contributed by atoms with Crippen LogP contribution in [0.25, 0.3) is 0 Å². The number of benzene rings is 1. The fraction of sp³-hybridized carbons (Fsp3) is 0.368. The van der Waals surface area contributed by atoms with Crippen molar-refractivity contribution in [3.8, 4) is 0 Å². The Kier molecular flexibility index (Phi) is 3.63. The second-order valence-electron chi connectivity index (χ2n) is 6.79. The van der Waals surface area contributed by atoms with E-state index in [0.717, 1.165) is 25.1 Å². The first kappa shape index (κ1) is 15.0. The highest BCUT2D eigenvalue weighted by atomic mass is 16.2. The molecule has 5 heteroatoms. The van der Waals surface area contributed by atoms with Gasteiger partial charge in [-0.25, -0.2) is 0 Å². The zero-order chi connectivity index (χ0) is 16.7. The van der Waals surface area contributed by atoms with Crippen molar-refractivity contribution in [2.45, 2.75) is 24.9 Å². The number of amides is 2. The first-order valence-corrected chi connectivity index (χ1v) is 8.41. The largest absolute Gasteiger partial charge is 0.349 e. The van der Waals surface area contributed by atoms with E-state index >= 15 is 0 Å². The first-order chi connectivity index (χ1) is 11.6. The molecule has 2 heterocycles. The quantitative estimate of drug-likeness (QED) is 0.940. The third kappa shape index (κ3) is 2.50. The number of rotatable bonds is 3. The molecule has 1 N–H and O–H groups in total. The highest BCUT2D eigenvalue weighted by Gasteiger charge is 2.47. The predicted molar refractivity (Wildman–Crippen MR) is 90.7 cm³/mol. The molecular weight excluding hydrogens is 302 g/mol. The van der Waals surface area contributed by atoms with E-state index in [4.69, 9.17) is 0 Å². The van der Waals surface area contributed by atoms with Crippen LogP contribution >= 0.6 is 0 Å². The fourth-order valence-corrected chi connectivity index (χ4v) is 4.05. The zero-order valence-electron chi connectivity index (χ0n) is 13.7. The lowest BCUT2D eigenvalue weighted by molar-refractivity contribution is 0.0670. The van der Waals surface area contributed by atoms with Crippen molar-refractivity contribution >= 4 is 11.8 Å². The van der Waals surface area contributed by atoms with Gasteiger partial charge in [0.25, 0.3) is 11.8 Å². The summed E-state index contributed by atoms with van der Waals surface area (Å²) in [5.74, 6) is 0.433. The molecule has 24 heavy (non-hydrogen) atoms. The maximum absolute atomic E-state index is 12.7. The lowest BCUT2D eigenvalue weighted by atomic mass is 10.0. The van der Waals surface area contributed by atoms with Crippen molar-refractivity contribution < 1.29 is 9.59 Å². The maximum atomic E-state index is 12.7. The first-order valence-electron chi connectivity index (χ1n) is 8.41. The van der Waals surface area contributed by atoms with Gasteiger partial charge in [0.1, 0.15) is 5.69 Å². The molecule has 2 aromatic rings. The van der Waals surface area contributed by atoms with Crippen molar-refractivity contribution in [2.75, 3.05) is 6.54 Å². The number of aromatic nitrogens is 1. The fourth-order valence-electron chi connectivity index (χ4n) is 4.05. The summed E-state index contributed by atoms with van der Waals surface area (Å²) in [6.07, 6.45) is 3.72. The molecule has 0 radical (unpaired) electrons. The maximum Gasteiger partial charge on any atom is 0.270 e. The van der Waals surface area contributed by atoms with Crippen LogP contribution in [0.5, 0.6) is 0 Å². The van der Waals surface area contributed by atoms with Gasteiger partial charge >= 0.3 is 0 Å². The monoisotopic (exact) mass is 323 g/mol.